The maximum Gasteiger partial charge on any atom is 0.122 e. The molecule has 13 heavy (non-hydrogen) atoms. The lowest BCUT2D eigenvalue weighted by Crippen LogP contribution is -2.11. The predicted molar refractivity (Wildman–Crippen MR) is 56.2 cm³/mol. The summed E-state index contributed by atoms with van der Waals surface area (Å²) in [5.74, 6) is 0.685. The van der Waals surface area contributed by atoms with Gasteiger partial charge in [-0.05, 0) is 24.0 Å². The van der Waals surface area contributed by atoms with Crippen LogP contribution in [-0.2, 0) is 0 Å². The number of hydrogen-bond donors (Lipinski definition) is 2. The molecule has 0 bridgehead atoms. The standard InChI is InChI=1S/C11H16N2/c1-3-8(2)9-5-4-6-10(7-9)11(12)13/h4-8H,3H2,1-2H3,(H3,12,13). The number of hydrogen-bond acceptors (Lipinski definition) is 1. The molecular formula is C11H16N2. The second-order valence-corrected chi connectivity index (χ2v) is 3.35. The minimum Gasteiger partial charge on any atom is -0.384 e. The monoisotopic (exact) mass is 176 g/mol. The molecule has 1 rings (SSSR count). The Morgan fingerprint density at radius 3 is 2.77 bits per heavy atom. The lowest BCUT2D eigenvalue weighted by Gasteiger charge is -2.09. The van der Waals surface area contributed by atoms with Crippen molar-refractivity contribution in [2.75, 3.05) is 0 Å². The second kappa shape index (κ2) is 4.08. The second-order valence-electron chi connectivity index (χ2n) is 3.35. The summed E-state index contributed by atoms with van der Waals surface area (Å²) in [4.78, 5) is 0. The van der Waals surface area contributed by atoms with Crippen LogP contribution in [0.4, 0.5) is 0 Å². The average molecular weight is 176 g/mol. The average Bonchev–Trinajstić information content (AvgIpc) is 2.17. The first kappa shape index (κ1) is 9.78. The first-order valence-corrected chi connectivity index (χ1v) is 4.59. The molecule has 0 radical (unpaired) electrons. The van der Waals surface area contributed by atoms with E-state index in [0.29, 0.717) is 5.92 Å². The zero-order valence-corrected chi connectivity index (χ0v) is 8.17. The van der Waals surface area contributed by atoms with E-state index in [9.17, 15) is 0 Å². The number of rotatable bonds is 3. The lowest BCUT2D eigenvalue weighted by molar-refractivity contribution is 0.733. The summed E-state index contributed by atoms with van der Waals surface area (Å²) in [6.07, 6.45) is 1.11. The molecule has 70 valence electrons. The van der Waals surface area contributed by atoms with Crippen LogP contribution in [0.1, 0.15) is 37.3 Å². The van der Waals surface area contributed by atoms with Crippen molar-refractivity contribution >= 4 is 5.84 Å². The van der Waals surface area contributed by atoms with Gasteiger partial charge in [-0.1, -0.05) is 32.0 Å². The molecule has 1 atom stereocenters. The Hall–Kier alpha value is -1.31. The Morgan fingerprint density at radius 1 is 1.54 bits per heavy atom. The Labute approximate surface area is 79.3 Å². The van der Waals surface area contributed by atoms with E-state index < -0.39 is 0 Å². The van der Waals surface area contributed by atoms with E-state index in [0.717, 1.165) is 12.0 Å². The maximum absolute atomic E-state index is 7.31. The van der Waals surface area contributed by atoms with E-state index in [2.05, 4.69) is 19.9 Å². The van der Waals surface area contributed by atoms with Crippen molar-refractivity contribution in [1.29, 1.82) is 5.41 Å². The maximum atomic E-state index is 7.31. The number of amidine groups is 1. The van der Waals surface area contributed by atoms with Gasteiger partial charge in [-0.3, -0.25) is 5.41 Å². The van der Waals surface area contributed by atoms with Gasteiger partial charge in [-0.15, -0.1) is 0 Å². The van der Waals surface area contributed by atoms with Gasteiger partial charge in [0.2, 0.25) is 0 Å². The zero-order chi connectivity index (χ0) is 9.84. The number of nitrogen functional groups attached to an aromatic ring is 1. The molecular weight excluding hydrogens is 160 g/mol. The third-order valence-electron chi connectivity index (χ3n) is 2.38. The van der Waals surface area contributed by atoms with Crippen molar-refractivity contribution in [2.24, 2.45) is 5.73 Å². The van der Waals surface area contributed by atoms with Gasteiger partial charge in [0.25, 0.3) is 0 Å². The van der Waals surface area contributed by atoms with Crippen LogP contribution in [0.15, 0.2) is 24.3 Å². The third kappa shape index (κ3) is 2.31. The summed E-state index contributed by atoms with van der Waals surface area (Å²) in [5.41, 5.74) is 7.48. The fourth-order valence-electron chi connectivity index (χ4n) is 1.25. The molecule has 0 aliphatic heterocycles. The Kier molecular flexibility index (Phi) is 3.07. The van der Waals surface area contributed by atoms with Crippen LogP contribution in [0, 0.1) is 5.41 Å². The fraction of sp³-hybridized carbons (Fsp3) is 0.364. The van der Waals surface area contributed by atoms with Gasteiger partial charge in [0.05, 0.1) is 0 Å². The zero-order valence-electron chi connectivity index (χ0n) is 8.17. The minimum absolute atomic E-state index is 0.144. The van der Waals surface area contributed by atoms with Crippen molar-refractivity contribution in [3.63, 3.8) is 0 Å². The van der Waals surface area contributed by atoms with Crippen molar-refractivity contribution in [3.8, 4) is 0 Å². The smallest absolute Gasteiger partial charge is 0.122 e. The molecule has 0 aliphatic rings. The quantitative estimate of drug-likeness (QED) is 0.539. The van der Waals surface area contributed by atoms with Crippen LogP contribution in [0.5, 0.6) is 0 Å². The van der Waals surface area contributed by atoms with E-state index in [1.165, 1.54) is 5.56 Å². The van der Waals surface area contributed by atoms with E-state index in [-0.39, 0.29) is 5.84 Å². The molecule has 0 saturated carbocycles. The molecule has 0 fully saturated rings. The van der Waals surface area contributed by atoms with Crippen LogP contribution in [0.2, 0.25) is 0 Å². The SMILES string of the molecule is CCC(C)c1cccc(C(=N)N)c1. The number of benzene rings is 1. The van der Waals surface area contributed by atoms with Gasteiger partial charge >= 0.3 is 0 Å². The normalized spacial score (nSPS) is 12.5. The van der Waals surface area contributed by atoms with Crippen LogP contribution >= 0.6 is 0 Å². The molecule has 0 aliphatic carbocycles. The molecule has 2 heteroatoms. The van der Waals surface area contributed by atoms with E-state index in [4.69, 9.17) is 11.1 Å². The largest absolute Gasteiger partial charge is 0.384 e. The molecule has 0 saturated heterocycles. The number of nitrogens with one attached hydrogen (secondary N) is 1. The van der Waals surface area contributed by atoms with Crippen molar-refractivity contribution in [3.05, 3.63) is 35.4 Å². The van der Waals surface area contributed by atoms with Crippen LogP contribution < -0.4 is 5.73 Å². The summed E-state index contributed by atoms with van der Waals surface area (Å²) in [6.45, 7) is 4.34. The summed E-state index contributed by atoms with van der Waals surface area (Å²) in [6, 6.07) is 7.91. The van der Waals surface area contributed by atoms with Gasteiger partial charge in [0, 0.05) is 5.56 Å². The Balaban J connectivity index is 2.98. The first-order chi connectivity index (χ1) is 6.15. The van der Waals surface area contributed by atoms with Gasteiger partial charge in [-0.2, -0.15) is 0 Å². The van der Waals surface area contributed by atoms with Crippen molar-refractivity contribution in [2.45, 2.75) is 26.2 Å². The van der Waals surface area contributed by atoms with Crippen LogP contribution in [0.25, 0.3) is 0 Å². The van der Waals surface area contributed by atoms with Crippen molar-refractivity contribution in [1.82, 2.24) is 0 Å². The molecule has 1 unspecified atom stereocenters. The highest BCUT2D eigenvalue weighted by molar-refractivity contribution is 5.95. The van der Waals surface area contributed by atoms with Crippen LogP contribution in [-0.4, -0.2) is 5.84 Å². The van der Waals surface area contributed by atoms with E-state index in [1.54, 1.807) is 0 Å². The summed E-state index contributed by atoms with van der Waals surface area (Å²) >= 11 is 0. The third-order valence-corrected chi connectivity index (χ3v) is 2.38. The Bertz CT molecular complexity index is 305. The highest BCUT2D eigenvalue weighted by atomic mass is 14.7. The van der Waals surface area contributed by atoms with Crippen LogP contribution in [0.3, 0.4) is 0 Å². The van der Waals surface area contributed by atoms with Gasteiger partial charge in [-0.25, -0.2) is 0 Å². The predicted octanol–water partition coefficient (Wildman–Crippen LogP) is 2.48. The van der Waals surface area contributed by atoms with Gasteiger partial charge in [0.15, 0.2) is 0 Å². The van der Waals surface area contributed by atoms with Gasteiger partial charge in [0.1, 0.15) is 5.84 Å². The molecule has 3 N–H and O–H groups in total. The summed E-state index contributed by atoms with van der Waals surface area (Å²) in [7, 11) is 0. The summed E-state index contributed by atoms with van der Waals surface area (Å²) in [5, 5.41) is 7.31. The molecule has 0 heterocycles. The highest BCUT2D eigenvalue weighted by Gasteiger charge is 2.04. The van der Waals surface area contributed by atoms with E-state index >= 15 is 0 Å². The lowest BCUT2D eigenvalue weighted by atomic mass is 9.97. The van der Waals surface area contributed by atoms with E-state index in [1.807, 2.05) is 18.2 Å². The molecule has 0 aromatic heterocycles. The fourth-order valence-corrected chi connectivity index (χ4v) is 1.25. The molecule has 0 spiro atoms. The number of nitrogens with two attached hydrogens (primary N) is 1. The molecule has 1 aromatic rings. The minimum atomic E-state index is 0.144. The summed E-state index contributed by atoms with van der Waals surface area (Å²) < 4.78 is 0. The highest BCUT2D eigenvalue weighted by Crippen LogP contribution is 2.19. The Morgan fingerprint density at radius 2 is 2.23 bits per heavy atom. The molecule has 2 nitrogen and oxygen atoms in total. The first-order valence-electron chi connectivity index (χ1n) is 4.59. The topological polar surface area (TPSA) is 49.9 Å². The molecule has 0 amide bonds. The van der Waals surface area contributed by atoms with Gasteiger partial charge < -0.3 is 5.73 Å². The molecule has 1 aromatic carbocycles. The van der Waals surface area contributed by atoms with Crippen molar-refractivity contribution < 1.29 is 0 Å².